The zero-order valence-electron chi connectivity index (χ0n) is 10.0. The Hall–Kier alpha value is -1.56. The Morgan fingerprint density at radius 2 is 1.72 bits per heavy atom. The summed E-state index contributed by atoms with van der Waals surface area (Å²) >= 11 is 2.99. The third-order valence-corrected chi connectivity index (χ3v) is 2.93. The second-order valence-electron chi connectivity index (χ2n) is 3.50. The van der Waals surface area contributed by atoms with E-state index in [1.54, 1.807) is 0 Å². The van der Waals surface area contributed by atoms with Crippen molar-refractivity contribution in [3.05, 3.63) is 17.7 Å². The van der Waals surface area contributed by atoms with Crippen LogP contribution in [-0.2, 0) is 4.79 Å². The van der Waals surface area contributed by atoms with Crippen LogP contribution in [0.3, 0.4) is 0 Å². The number of halogens is 1. The zero-order valence-corrected chi connectivity index (χ0v) is 11.6. The number of Topliss-reactive ketones (excluding diaryl/α,β-unsaturated/α-hetero) is 2. The van der Waals surface area contributed by atoms with E-state index in [1.807, 2.05) is 0 Å². The highest BCUT2D eigenvalue weighted by Gasteiger charge is 2.17. The predicted molar refractivity (Wildman–Crippen MR) is 69.0 cm³/mol. The first-order valence-electron chi connectivity index (χ1n) is 5.09. The molecular weight excluding hydrogens is 304 g/mol. The zero-order chi connectivity index (χ0) is 13.7. The van der Waals surface area contributed by atoms with E-state index < -0.39 is 0 Å². The van der Waals surface area contributed by atoms with Gasteiger partial charge in [-0.1, -0.05) is 15.9 Å². The number of ether oxygens (including phenoxy) is 2. The third-order valence-electron chi connectivity index (χ3n) is 2.31. The van der Waals surface area contributed by atoms with Gasteiger partial charge in [-0.15, -0.1) is 0 Å². The van der Waals surface area contributed by atoms with Crippen LogP contribution in [0.5, 0.6) is 17.2 Å². The van der Waals surface area contributed by atoms with Gasteiger partial charge in [0.05, 0.1) is 26.0 Å². The van der Waals surface area contributed by atoms with E-state index in [1.165, 1.54) is 26.4 Å². The monoisotopic (exact) mass is 316 g/mol. The second-order valence-corrected chi connectivity index (χ2v) is 4.06. The quantitative estimate of drug-likeness (QED) is 0.493. The lowest BCUT2D eigenvalue weighted by Crippen LogP contribution is -2.09. The minimum atomic E-state index is -0.351. The lowest BCUT2D eigenvalue weighted by Gasteiger charge is -2.10. The molecule has 0 bridgehead atoms. The van der Waals surface area contributed by atoms with Crippen LogP contribution in [-0.4, -0.2) is 36.2 Å². The number of phenolic OH excluding ortho intramolecular Hbond substituents is 1. The third kappa shape index (κ3) is 3.22. The summed E-state index contributed by atoms with van der Waals surface area (Å²) in [6.07, 6.45) is -0.206. The Kier molecular flexibility index (Phi) is 5.15. The maximum Gasteiger partial charge on any atom is 0.200 e. The van der Waals surface area contributed by atoms with E-state index in [0.717, 1.165) is 0 Å². The fourth-order valence-corrected chi connectivity index (χ4v) is 1.58. The largest absolute Gasteiger partial charge is 0.502 e. The van der Waals surface area contributed by atoms with Gasteiger partial charge in [-0.2, -0.15) is 0 Å². The summed E-state index contributed by atoms with van der Waals surface area (Å²) in [5.41, 5.74) is 0.260. The number of ketones is 2. The van der Waals surface area contributed by atoms with Gasteiger partial charge in [-0.25, -0.2) is 0 Å². The topological polar surface area (TPSA) is 72.8 Å². The average Bonchev–Trinajstić information content (AvgIpc) is 2.38. The molecule has 0 saturated carbocycles. The summed E-state index contributed by atoms with van der Waals surface area (Å²) in [5, 5.41) is 9.82. The van der Waals surface area contributed by atoms with Crippen molar-refractivity contribution in [1.29, 1.82) is 0 Å². The molecule has 5 nitrogen and oxygen atoms in total. The number of methoxy groups -OCH3 is 2. The molecule has 0 spiro atoms. The molecule has 0 radical (unpaired) electrons. The van der Waals surface area contributed by atoms with Crippen LogP contribution in [0.15, 0.2) is 12.1 Å². The van der Waals surface area contributed by atoms with Gasteiger partial charge in [0, 0.05) is 5.56 Å². The predicted octanol–water partition coefficient (Wildman–Crippen LogP) is 1.95. The number of phenols is 1. The van der Waals surface area contributed by atoms with Crippen molar-refractivity contribution in [2.45, 2.75) is 6.42 Å². The normalized spacial score (nSPS) is 9.94. The molecule has 0 atom stereocenters. The Morgan fingerprint density at radius 3 is 2.11 bits per heavy atom. The molecule has 0 aliphatic heterocycles. The number of carbonyl (C=O) groups excluding carboxylic acids is 2. The highest BCUT2D eigenvalue weighted by molar-refractivity contribution is 9.09. The number of aromatic hydroxyl groups is 1. The number of alkyl halides is 1. The fourth-order valence-electron chi connectivity index (χ4n) is 1.38. The van der Waals surface area contributed by atoms with Crippen molar-refractivity contribution in [2.24, 2.45) is 0 Å². The van der Waals surface area contributed by atoms with E-state index in [0.29, 0.717) is 0 Å². The number of hydrogen-bond acceptors (Lipinski definition) is 5. The number of hydrogen-bond donors (Lipinski definition) is 1. The van der Waals surface area contributed by atoms with Crippen LogP contribution >= 0.6 is 15.9 Å². The van der Waals surface area contributed by atoms with E-state index in [-0.39, 0.29) is 46.1 Å². The molecule has 6 heteroatoms. The highest BCUT2D eigenvalue weighted by atomic mass is 79.9. The summed E-state index contributed by atoms with van der Waals surface area (Å²) in [6.45, 7) is 0. The molecule has 0 aromatic heterocycles. The first-order chi connectivity index (χ1) is 8.53. The van der Waals surface area contributed by atoms with Crippen LogP contribution in [0, 0.1) is 0 Å². The minimum absolute atomic E-state index is 0.129. The van der Waals surface area contributed by atoms with Crippen molar-refractivity contribution < 1.29 is 24.2 Å². The SMILES string of the molecule is COc1cc(C(=O)CC(=O)CBr)cc(OC)c1O. The lowest BCUT2D eigenvalue weighted by atomic mass is 10.1. The second kappa shape index (κ2) is 6.39. The Morgan fingerprint density at radius 1 is 1.22 bits per heavy atom. The van der Waals surface area contributed by atoms with Crippen molar-refractivity contribution >= 4 is 27.5 Å². The van der Waals surface area contributed by atoms with Crippen molar-refractivity contribution in [2.75, 3.05) is 19.5 Å². The van der Waals surface area contributed by atoms with Gasteiger partial charge >= 0.3 is 0 Å². The van der Waals surface area contributed by atoms with E-state index in [4.69, 9.17) is 9.47 Å². The molecule has 0 heterocycles. The van der Waals surface area contributed by atoms with Gasteiger partial charge in [0.2, 0.25) is 5.75 Å². The Labute approximate surface area is 113 Å². The van der Waals surface area contributed by atoms with Crippen molar-refractivity contribution in [1.82, 2.24) is 0 Å². The molecule has 1 aromatic carbocycles. The summed E-state index contributed by atoms with van der Waals surface area (Å²) in [5.74, 6) is -0.488. The Balaban J connectivity index is 3.09. The molecule has 98 valence electrons. The van der Waals surface area contributed by atoms with Gasteiger partial charge < -0.3 is 14.6 Å². The molecule has 1 N–H and O–H groups in total. The van der Waals surface area contributed by atoms with Crippen LogP contribution in [0.25, 0.3) is 0 Å². The highest BCUT2D eigenvalue weighted by Crippen LogP contribution is 2.37. The number of benzene rings is 1. The molecule has 0 aliphatic carbocycles. The van der Waals surface area contributed by atoms with E-state index in [2.05, 4.69) is 15.9 Å². The van der Waals surface area contributed by atoms with Gasteiger partial charge in [-0.3, -0.25) is 9.59 Å². The molecule has 0 aliphatic rings. The fraction of sp³-hybridized carbons (Fsp3) is 0.333. The molecule has 18 heavy (non-hydrogen) atoms. The summed E-state index contributed by atoms with van der Waals surface area (Å²) < 4.78 is 9.87. The van der Waals surface area contributed by atoms with E-state index >= 15 is 0 Å². The number of rotatable bonds is 6. The molecule has 1 rings (SSSR count). The molecule has 0 unspecified atom stereocenters. The summed E-state index contributed by atoms with van der Waals surface area (Å²) in [7, 11) is 2.73. The van der Waals surface area contributed by atoms with Crippen LogP contribution in [0.4, 0.5) is 0 Å². The van der Waals surface area contributed by atoms with Crippen molar-refractivity contribution in [3.63, 3.8) is 0 Å². The smallest absolute Gasteiger partial charge is 0.200 e. The molecule has 0 amide bonds. The maximum atomic E-state index is 11.8. The molecule has 1 aromatic rings. The molecule has 0 saturated heterocycles. The minimum Gasteiger partial charge on any atom is -0.502 e. The standard InChI is InChI=1S/C12H13BrO5/c1-17-10-3-7(4-11(18-2)12(10)16)9(15)5-8(14)6-13/h3-4,16H,5-6H2,1-2H3. The maximum absolute atomic E-state index is 11.8. The van der Waals surface area contributed by atoms with Crippen LogP contribution in [0.1, 0.15) is 16.8 Å². The van der Waals surface area contributed by atoms with Gasteiger partial charge in [-0.05, 0) is 12.1 Å². The van der Waals surface area contributed by atoms with E-state index in [9.17, 15) is 14.7 Å². The lowest BCUT2D eigenvalue weighted by molar-refractivity contribution is -0.115. The first kappa shape index (κ1) is 14.5. The van der Waals surface area contributed by atoms with Gasteiger partial charge in [0.1, 0.15) is 0 Å². The van der Waals surface area contributed by atoms with Crippen LogP contribution < -0.4 is 9.47 Å². The first-order valence-corrected chi connectivity index (χ1v) is 6.21. The van der Waals surface area contributed by atoms with Crippen molar-refractivity contribution in [3.8, 4) is 17.2 Å². The van der Waals surface area contributed by atoms with Gasteiger partial charge in [0.25, 0.3) is 0 Å². The average molecular weight is 317 g/mol. The van der Waals surface area contributed by atoms with Gasteiger partial charge in [0.15, 0.2) is 23.1 Å². The Bertz CT molecular complexity index is 445. The summed E-state index contributed by atoms with van der Waals surface area (Å²) in [6, 6.07) is 2.75. The molecule has 0 fully saturated rings. The molecular formula is C12H13BrO5. The van der Waals surface area contributed by atoms with Crippen LogP contribution in [0.2, 0.25) is 0 Å². The number of carbonyl (C=O) groups is 2. The summed E-state index contributed by atoms with van der Waals surface area (Å²) in [4.78, 5) is 23.0.